The van der Waals surface area contributed by atoms with Crippen LogP contribution in [0.25, 0.3) is 0 Å². The molecule has 6 nitrogen and oxygen atoms in total. The molecule has 1 aliphatic rings. The molecule has 21 heavy (non-hydrogen) atoms. The largest absolute Gasteiger partial charge is 0.481 e. The number of carbonyl (C=O) groups is 2. The first-order chi connectivity index (χ1) is 9.99. The quantitative estimate of drug-likeness (QED) is 0.862. The Kier molecular flexibility index (Phi) is 5.19. The fourth-order valence-corrected chi connectivity index (χ4v) is 3.12. The van der Waals surface area contributed by atoms with Crippen LogP contribution in [0.5, 0.6) is 0 Å². The van der Waals surface area contributed by atoms with Gasteiger partial charge in [0.05, 0.1) is 19.3 Å². The molecule has 7 heteroatoms. The zero-order chi connectivity index (χ0) is 15.4. The van der Waals surface area contributed by atoms with Crippen LogP contribution in [-0.4, -0.2) is 54.4 Å². The van der Waals surface area contributed by atoms with Gasteiger partial charge in [0.1, 0.15) is 5.92 Å². The van der Waals surface area contributed by atoms with E-state index in [-0.39, 0.29) is 25.3 Å². The third-order valence-electron chi connectivity index (χ3n) is 3.68. The zero-order valence-electron chi connectivity index (χ0n) is 12.1. The van der Waals surface area contributed by atoms with E-state index in [1.54, 1.807) is 18.4 Å². The van der Waals surface area contributed by atoms with E-state index >= 15 is 0 Å². The highest BCUT2D eigenvalue weighted by atomic mass is 32.1. The van der Waals surface area contributed by atoms with Gasteiger partial charge in [0.25, 0.3) is 0 Å². The van der Waals surface area contributed by atoms with Crippen LogP contribution in [0.2, 0.25) is 0 Å². The maximum atomic E-state index is 12.2. The van der Waals surface area contributed by atoms with Crippen molar-refractivity contribution in [2.24, 2.45) is 5.92 Å². The molecule has 0 aromatic carbocycles. The summed E-state index contributed by atoms with van der Waals surface area (Å²) >= 11 is 1.63. The summed E-state index contributed by atoms with van der Waals surface area (Å²) in [7, 11) is 1.61. The number of hydrogen-bond donors (Lipinski definition) is 2. The molecule has 0 spiro atoms. The molecule has 3 atom stereocenters. The van der Waals surface area contributed by atoms with E-state index in [1.807, 2.05) is 18.4 Å². The third kappa shape index (κ3) is 3.95. The van der Waals surface area contributed by atoms with Crippen molar-refractivity contribution < 1.29 is 19.4 Å². The predicted molar refractivity (Wildman–Crippen MR) is 79.5 cm³/mol. The van der Waals surface area contributed by atoms with Gasteiger partial charge in [0.2, 0.25) is 0 Å². The second-order valence-electron chi connectivity index (χ2n) is 5.35. The van der Waals surface area contributed by atoms with Crippen LogP contribution >= 0.6 is 11.3 Å². The molecule has 0 radical (unpaired) electrons. The number of carboxylic acid groups (broad SMARTS) is 1. The number of aliphatic carboxylic acids is 1. The van der Waals surface area contributed by atoms with E-state index in [9.17, 15) is 9.59 Å². The van der Waals surface area contributed by atoms with E-state index in [0.717, 1.165) is 6.42 Å². The highest BCUT2D eigenvalue weighted by molar-refractivity contribution is 7.07. The number of ether oxygens (including phenoxy) is 1. The minimum Gasteiger partial charge on any atom is -0.481 e. The van der Waals surface area contributed by atoms with E-state index in [2.05, 4.69) is 10.7 Å². The van der Waals surface area contributed by atoms with Gasteiger partial charge in [-0.1, -0.05) is 0 Å². The number of likely N-dealkylation sites (N-methyl/N-ethyl adjacent to an activating group) is 1. The molecule has 116 valence electrons. The van der Waals surface area contributed by atoms with Gasteiger partial charge in [-0.3, -0.25) is 4.79 Å². The Morgan fingerprint density at radius 2 is 2.33 bits per heavy atom. The molecule has 2 amide bonds. The number of carboxylic acids is 1. The average molecular weight is 312 g/mol. The molecule has 2 rings (SSSR count). The van der Waals surface area contributed by atoms with Crippen molar-refractivity contribution in [2.45, 2.75) is 25.4 Å². The smallest absolute Gasteiger partial charge is 0.317 e. The Morgan fingerprint density at radius 3 is 2.95 bits per heavy atom. The number of nitrogens with zero attached hydrogens (tertiary/aromatic N) is 1. The number of hydrogen-bond acceptors (Lipinski definition) is 4. The summed E-state index contributed by atoms with van der Waals surface area (Å²) in [5.74, 6) is -1.59. The van der Waals surface area contributed by atoms with Gasteiger partial charge < -0.3 is 20.1 Å². The lowest BCUT2D eigenvalue weighted by Crippen LogP contribution is -2.50. The van der Waals surface area contributed by atoms with Crippen molar-refractivity contribution in [1.82, 2.24) is 10.2 Å². The molecule has 1 saturated heterocycles. The lowest BCUT2D eigenvalue weighted by molar-refractivity contribution is -0.142. The van der Waals surface area contributed by atoms with E-state index in [1.165, 1.54) is 10.5 Å². The van der Waals surface area contributed by atoms with E-state index < -0.39 is 17.9 Å². The van der Waals surface area contributed by atoms with Crippen LogP contribution in [0.3, 0.4) is 0 Å². The molecular formula is C14H20N2O4S. The molecule has 0 aliphatic carbocycles. The minimum atomic E-state index is -0.927. The Bertz CT molecular complexity index is 491. The Labute approximate surface area is 127 Å². The minimum absolute atomic E-state index is 0.0138. The monoisotopic (exact) mass is 312 g/mol. The summed E-state index contributed by atoms with van der Waals surface area (Å²) in [6.45, 7) is 2.35. The van der Waals surface area contributed by atoms with Crippen molar-refractivity contribution in [3.8, 4) is 0 Å². The van der Waals surface area contributed by atoms with Crippen LogP contribution < -0.4 is 5.32 Å². The number of nitrogens with one attached hydrogen (secondary N) is 1. The van der Waals surface area contributed by atoms with Gasteiger partial charge in [-0.05, 0) is 35.7 Å². The van der Waals surface area contributed by atoms with Gasteiger partial charge >= 0.3 is 12.0 Å². The van der Waals surface area contributed by atoms with Crippen LogP contribution in [-0.2, 0) is 16.0 Å². The van der Waals surface area contributed by atoms with Crippen molar-refractivity contribution in [1.29, 1.82) is 0 Å². The molecule has 0 saturated carbocycles. The van der Waals surface area contributed by atoms with Crippen molar-refractivity contribution in [2.75, 3.05) is 20.3 Å². The molecule has 2 heterocycles. The lowest BCUT2D eigenvalue weighted by atomic mass is 10.0. The van der Waals surface area contributed by atoms with Crippen LogP contribution in [0, 0.1) is 5.92 Å². The first kappa shape index (κ1) is 15.8. The van der Waals surface area contributed by atoms with Gasteiger partial charge in [0.15, 0.2) is 0 Å². The highest BCUT2D eigenvalue weighted by Gasteiger charge is 2.38. The zero-order valence-corrected chi connectivity index (χ0v) is 12.9. The van der Waals surface area contributed by atoms with Gasteiger partial charge in [0, 0.05) is 13.1 Å². The number of amides is 2. The molecular weight excluding hydrogens is 292 g/mol. The number of rotatable bonds is 5. The summed E-state index contributed by atoms with van der Waals surface area (Å²) in [5.41, 5.74) is 1.18. The first-order valence-corrected chi connectivity index (χ1v) is 7.78. The van der Waals surface area contributed by atoms with Gasteiger partial charge in [-0.25, -0.2) is 4.79 Å². The summed E-state index contributed by atoms with van der Waals surface area (Å²) in [6.07, 6.45) is 0.757. The van der Waals surface area contributed by atoms with Crippen LogP contribution in [0.1, 0.15) is 12.5 Å². The number of carbonyl (C=O) groups excluding carboxylic acids is 1. The standard InChI is InChI=1S/C14H20N2O4S/c1-9(5-10-3-4-21-8-10)15-14(19)16(2)12-7-20-6-11(12)13(17)18/h3-4,8-9,11-12H,5-7H2,1-2H3,(H,15,19)(H,17,18). The van der Waals surface area contributed by atoms with Crippen molar-refractivity contribution in [3.05, 3.63) is 22.4 Å². The average Bonchev–Trinajstić information content (AvgIpc) is 3.07. The molecule has 1 aliphatic heterocycles. The lowest BCUT2D eigenvalue weighted by Gasteiger charge is -2.28. The maximum Gasteiger partial charge on any atom is 0.317 e. The van der Waals surface area contributed by atoms with Gasteiger partial charge in [-0.2, -0.15) is 11.3 Å². The highest BCUT2D eigenvalue weighted by Crippen LogP contribution is 2.19. The maximum absolute atomic E-state index is 12.2. The molecule has 1 aromatic heterocycles. The predicted octanol–water partition coefficient (Wildman–Crippen LogP) is 1.42. The van der Waals surface area contributed by atoms with Crippen molar-refractivity contribution in [3.63, 3.8) is 0 Å². The van der Waals surface area contributed by atoms with E-state index in [4.69, 9.17) is 9.84 Å². The number of thiophene rings is 1. The van der Waals surface area contributed by atoms with Gasteiger partial charge in [-0.15, -0.1) is 0 Å². The Morgan fingerprint density at radius 1 is 1.57 bits per heavy atom. The van der Waals surface area contributed by atoms with E-state index in [0.29, 0.717) is 0 Å². The Balaban J connectivity index is 1.88. The normalized spacial score (nSPS) is 22.8. The molecule has 0 bridgehead atoms. The van der Waals surface area contributed by atoms with Crippen LogP contribution in [0.4, 0.5) is 4.79 Å². The first-order valence-electron chi connectivity index (χ1n) is 6.84. The summed E-state index contributed by atoms with van der Waals surface area (Å²) in [5, 5.41) is 16.1. The molecule has 2 N–H and O–H groups in total. The summed E-state index contributed by atoms with van der Waals surface area (Å²) in [6, 6.07) is 1.33. The second-order valence-corrected chi connectivity index (χ2v) is 6.13. The fourth-order valence-electron chi connectivity index (χ4n) is 2.44. The second kappa shape index (κ2) is 6.91. The summed E-state index contributed by atoms with van der Waals surface area (Å²) in [4.78, 5) is 24.8. The van der Waals surface area contributed by atoms with Crippen LogP contribution in [0.15, 0.2) is 16.8 Å². The molecule has 1 aromatic rings. The summed E-state index contributed by atoms with van der Waals surface area (Å²) < 4.78 is 5.19. The third-order valence-corrected chi connectivity index (χ3v) is 4.41. The Hall–Kier alpha value is -1.60. The topological polar surface area (TPSA) is 78.9 Å². The molecule has 1 fully saturated rings. The number of urea groups is 1. The molecule has 3 unspecified atom stereocenters. The van der Waals surface area contributed by atoms with Crippen molar-refractivity contribution >= 4 is 23.3 Å². The SMILES string of the molecule is CC(Cc1ccsc1)NC(=O)N(C)C1COCC1C(=O)O. The fraction of sp³-hybridized carbons (Fsp3) is 0.571.